The summed E-state index contributed by atoms with van der Waals surface area (Å²) in [5, 5.41) is 11.8. The lowest BCUT2D eigenvalue weighted by Gasteiger charge is -2.23. The monoisotopic (exact) mass is 367 g/mol. The molecule has 142 valence electrons. The molecule has 0 aliphatic carbocycles. The molecule has 0 radical (unpaired) electrons. The van der Waals surface area contributed by atoms with E-state index in [1.807, 2.05) is 48.5 Å². The molecule has 0 fully saturated rings. The van der Waals surface area contributed by atoms with Gasteiger partial charge in [-0.25, -0.2) is 9.48 Å². The Morgan fingerprint density at radius 3 is 2.56 bits per heavy atom. The molecule has 2 aliphatic rings. The average molecular weight is 367 g/mol. The van der Waals surface area contributed by atoms with Crippen LogP contribution in [-0.4, -0.2) is 42.8 Å². The Kier molecular flexibility index (Phi) is 4.79. The second-order valence-electron chi connectivity index (χ2n) is 7.19. The van der Waals surface area contributed by atoms with E-state index >= 15 is 0 Å². The maximum absolute atomic E-state index is 11.8. The van der Waals surface area contributed by atoms with E-state index in [-0.39, 0.29) is 0 Å². The number of amidine groups is 1. The topological polar surface area (TPSA) is 44.9 Å². The van der Waals surface area contributed by atoms with Crippen LogP contribution in [0, 0.1) is 0 Å². The summed E-state index contributed by atoms with van der Waals surface area (Å²) in [4.78, 5) is 2.21. The summed E-state index contributed by atoms with van der Waals surface area (Å²) in [6, 6.07) is 15.8. The Bertz CT molecular complexity index is 850. The van der Waals surface area contributed by atoms with Gasteiger partial charge in [0.15, 0.2) is 18.0 Å². The predicted molar refractivity (Wildman–Crippen MR) is 106 cm³/mol. The van der Waals surface area contributed by atoms with Crippen LogP contribution in [0.5, 0.6) is 11.5 Å². The van der Waals surface area contributed by atoms with E-state index in [9.17, 15) is 5.11 Å². The average Bonchev–Trinajstić information content (AvgIpc) is 2.87. The maximum Gasteiger partial charge on any atom is 0.271 e. The van der Waals surface area contributed by atoms with Crippen LogP contribution < -0.4 is 14.4 Å². The first-order chi connectivity index (χ1) is 13.2. The molecule has 1 N–H and O–H groups in total. The van der Waals surface area contributed by atoms with Crippen molar-refractivity contribution in [3.8, 4) is 11.5 Å². The van der Waals surface area contributed by atoms with Gasteiger partial charge in [0.05, 0.1) is 20.8 Å². The summed E-state index contributed by atoms with van der Waals surface area (Å²) in [7, 11) is 3.35. The lowest BCUT2D eigenvalue weighted by molar-refractivity contribution is -0.658. The minimum atomic E-state index is -1.05. The second kappa shape index (κ2) is 7.24. The smallest absolute Gasteiger partial charge is 0.271 e. The predicted octanol–water partition coefficient (Wildman–Crippen LogP) is 3.35. The Hall–Kier alpha value is -2.53. The number of aliphatic hydroxyl groups is 1. The van der Waals surface area contributed by atoms with Crippen molar-refractivity contribution in [1.29, 1.82) is 0 Å². The van der Waals surface area contributed by atoms with Crippen LogP contribution in [0.25, 0.3) is 0 Å². The van der Waals surface area contributed by atoms with Crippen molar-refractivity contribution in [2.75, 3.05) is 32.2 Å². The fraction of sp³-hybridized carbons (Fsp3) is 0.409. The van der Waals surface area contributed by atoms with Crippen molar-refractivity contribution in [2.45, 2.75) is 31.4 Å². The van der Waals surface area contributed by atoms with Crippen LogP contribution in [0.4, 0.5) is 5.69 Å². The summed E-state index contributed by atoms with van der Waals surface area (Å²) in [5.74, 6) is 2.72. The van der Waals surface area contributed by atoms with Gasteiger partial charge in [-0.2, -0.15) is 0 Å². The number of nitrogens with zero attached hydrogens (tertiary/aromatic N) is 2. The highest BCUT2D eigenvalue weighted by molar-refractivity contribution is 5.97. The molecule has 2 aliphatic heterocycles. The molecule has 0 bridgehead atoms. The SMILES string of the molecule is COc1ccc(OC)c(N2C[C@@](O)(c3ccccc3)[N+]3=C2CCCCC3)c1. The van der Waals surface area contributed by atoms with E-state index in [2.05, 4.69) is 9.48 Å². The van der Waals surface area contributed by atoms with Gasteiger partial charge >= 0.3 is 0 Å². The van der Waals surface area contributed by atoms with Crippen LogP contribution in [0.3, 0.4) is 0 Å². The number of β-amino-alcohol motifs (C(OH)–C–C–N with tert-alkyl or cyclic N) is 1. The number of hydrogen-bond acceptors (Lipinski definition) is 4. The van der Waals surface area contributed by atoms with E-state index in [0.29, 0.717) is 6.54 Å². The van der Waals surface area contributed by atoms with Crippen molar-refractivity contribution in [3.63, 3.8) is 0 Å². The third-order valence-corrected chi connectivity index (χ3v) is 5.64. The van der Waals surface area contributed by atoms with Gasteiger partial charge in [0, 0.05) is 18.1 Å². The summed E-state index contributed by atoms with van der Waals surface area (Å²) in [5.41, 5.74) is 0.814. The third-order valence-electron chi connectivity index (χ3n) is 5.64. The molecule has 4 rings (SSSR count). The van der Waals surface area contributed by atoms with Crippen molar-refractivity contribution in [3.05, 3.63) is 54.1 Å². The van der Waals surface area contributed by atoms with Gasteiger partial charge in [0.2, 0.25) is 0 Å². The Labute approximate surface area is 160 Å². The molecule has 5 heteroatoms. The summed E-state index contributed by atoms with van der Waals surface area (Å²) in [6.07, 6.45) is 4.32. The van der Waals surface area contributed by atoms with Crippen molar-refractivity contribution < 1.29 is 19.2 Å². The van der Waals surface area contributed by atoms with Gasteiger partial charge in [-0.05, 0) is 31.4 Å². The Balaban J connectivity index is 1.85. The zero-order valence-corrected chi connectivity index (χ0v) is 16.0. The van der Waals surface area contributed by atoms with Crippen LogP contribution in [-0.2, 0) is 5.72 Å². The molecule has 2 heterocycles. The molecule has 0 aromatic heterocycles. The molecule has 0 saturated carbocycles. The standard InChI is InChI=1S/C22H27N2O3/c1-26-18-12-13-20(27-2)19(15-18)23-16-22(25,17-9-5-3-6-10-17)24-14-8-4-7-11-21(23)24/h3,5-6,9-10,12-13,15,25H,4,7-8,11,14,16H2,1-2H3/q+1/t22-/m1/s1. The van der Waals surface area contributed by atoms with Crippen LogP contribution in [0.15, 0.2) is 48.5 Å². The van der Waals surface area contributed by atoms with Gasteiger partial charge in [0.1, 0.15) is 5.75 Å². The summed E-state index contributed by atoms with van der Waals surface area (Å²) in [6.45, 7) is 1.32. The highest BCUT2D eigenvalue weighted by Crippen LogP contribution is 2.40. The highest BCUT2D eigenvalue weighted by atomic mass is 16.5. The molecular formula is C22H27N2O3+. The molecule has 1 atom stereocenters. The number of benzene rings is 2. The lowest BCUT2D eigenvalue weighted by Crippen LogP contribution is -2.41. The number of methoxy groups -OCH3 is 2. The maximum atomic E-state index is 11.8. The minimum Gasteiger partial charge on any atom is -0.497 e. The van der Waals surface area contributed by atoms with E-state index < -0.39 is 5.72 Å². The fourth-order valence-corrected chi connectivity index (χ4v) is 4.25. The molecule has 5 nitrogen and oxygen atoms in total. The Morgan fingerprint density at radius 2 is 1.81 bits per heavy atom. The summed E-state index contributed by atoms with van der Waals surface area (Å²) >= 11 is 0. The van der Waals surface area contributed by atoms with Crippen LogP contribution in [0.1, 0.15) is 31.2 Å². The van der Waals surface area contributed by atoms with Crippen LogP contribution >= 0.6 is 0 Å². The van der Waals surface area contributed by atoms with Gasteiger partial charge in [0.25, 0.3) is 11.6 Å². The highest BCUT2D eigenvalue weighted by Gasteiger charge is 2.52. The van der Waals surface area contributed by atoms with Crippen molar-refractivity contribution in [1.82, 2.24) is 0 Å². The molecule has 0 amide bonds. The molecule has 0 unspecified atom stereocenters. The third kappa shape index (κ3) is 3.06. The fourth-order valence-electron chi connectivity index (χ4n) is 4.25. The van der Waals surface area contributed by atoms with Gasteiger partial charge in [-0.3, -0.25) is 0 Å². The largest absolute Gasteiger partial charge is 0.497 e. The summed E-state index contributed by atoms with van der Waals surface area (Å²) < 4.78 is 13.3. The van der Waals surface area contributed by atoms with E-state index in [1.165, 1.54) is 6.42 Å². The number of hydrogen-bond donors (Lipinski definition) is 1. The number of rotatable bonds is 4. The van der Waals surface area contributed by atoms with Gasteiger partial charge < -0.3 is 14.6 Å². The molecule has 0 saturated heterocycles. The first-order valence-electron chi connectivity index (χ1n) is 9.58. The van der Waals surface area contributed by atoms with Crippen LogP contribution in [0.2, 0.25) is 0 Å². The zero-order chi connectivity index (χ0) is 18.9. The van der Waals surface area contributed by atoms with Crippen molar-refractivity contribution in [2.24, 2.45) is 0 Å². The normalized spacial score (nSPS) is 22.4. The first-order valence-corrected chi connectivity index (χ1v) is 9.58. The molecule has 0 spiro atoms. The number of anilines is 1. The molecule has 27 heavy (non-hydrogen) atoms. The van der Waals surface area contributed by atoms with E-state index in [4.69, 9.17) is 9.47 Å². The molecule has 2 aromatic rings. The van der Waals surface area contributed by atoms with E-state index in [0.717, 1.165) is 54.4 Å². The quantitative estimate of drug-likeness (QED) is 0.842. The zero-order valence-electron chi connectivity index (χ0n) is 16.0. The number of ether oxygens (including phenoxy) is 2. The molecule has 2 aromatic carbocycles. The van der Waals surface area contributed by atoms with Gasteiger partial charge in [-0.15, -0.1) is 0 Å². The lowest BCUT2D eigenvalue weighted by atomic mass is 10.0. The first kappa shape index (κ1) is 17.9. The minimum absolute atomic E-state index is 0.468. The molecular weight excluding hydrogens is 340 g/mol. The second-order valence-corrected chi connectivity index (χ2v) is 7.19. The van der Waals surface area contributed by atoms with E-state index in [1.54, 1.807) is 14.2 Å². The van der Waals surface area contributed by atoms with Crippen molar-refractivity contribution >= 4 is 11.5 Å². The van der Waals surface area contributed by atoms with Gasteiger partial charge in [-0.1, -0.05) is 30.3 Å². The Morgan fingerprint density at radius 1 is 1.00 bits per heavy atom.